The van der Waals surface area contributed by atoms with Crippen molar-refractivity contribution in [1.29, 1.82) is 0 Å². The number of carbonyl (C=O) groups excluding carboxylic acids is 1. The maximum atomic E-state index is 11.1. The summed E-state index contributed by atoms with van der Waals surface area (Å²) in [7, 11) is 0. The zero-order chi connectivity index (χ0) is 15.5. The topological polar surface area (TPSA) is 88.8 Å². The third-order valence-corrected chi connectivity index (χ3v) is 2.98. The number of carbonyl (C=O) groups is 1. The van der Waals surface area contributed by atoms with Crippen molar-refractivity contribution in [2.75, 3.05) is 0 Å². The normalized spacial score (nSPS) is 10.7. The predicted octanol–water partition coefficient (Wildman–Crippen LogP) is 3.52. The van der Waals surface area contributed by atoms with Crippen molar-refractivity contribution in [2.45, 2.75) is 26.4 Å². The number of aliphatic carboxylic acids is 1. The van der Waals surface area contributed by atoms with E-state index in [0.29, 0.717) is 0 Å². The molecule has 0 aromatic carbocycles. The van der Waals surface area contributed by atoms with Gasteiger partial charge in [-0.25, -0.2) is 9.59 Å². The lowest BCUT2D eigenvalue weighted by molar-refractivity contribution is -0.130. The van der Waals surface area contributed by atoms with Crippen molar-refractivity contribution in [2.24, 2.45) is 4.99 Å². The van der Waals surface area contributed by atoms with Crippen LogP contribution in [0.4, 0.5) is 5.00 Å². The van der Waals surface area contributed by atoms with Gasteiger partial charge in [0, 0.05) is 0 Å². The molecule has 6 nitrogen and oxygen atoms in total. The highest BCUT2D eigenvalue weighted by molar-refractivity contribution is 7.17. The Hall–Kier alpha value is -1.40. The Kier molecular flexibility index (Phi) is 5.30. The molecule has 1 heterocycles. The van der Waals surface area contributed by atoms with E-state index in [-0.39, 0.29) is 15.9 Å². The largest absolute Gasteiger partial charge is 0.478 e. The van der Waals surface area contributed by atoms with Gasteiger partial charge in [0.2, 0.25) is 6.08 Å². The Morgan fingerprint density at radius 2 is 2.05 bits per heavy atom. The number of isocyanates is 1. The van der Waals surface area contributed by atoms with Gasteiger partial charge in [0.25, 0.3) is 5.19 Å². The third-order valence-electron chi connectivity index (χ3n) is 1.77. The van der Waals surface area contributed by atoms with Crippen LogP contribution in [0, 0.1) is 0 Å². The van der Waals surface area contributed by atoms with Crippen molar-refractivity contribution >= 4 is 57.2 Å². The van der Waals surface area contributed by atoms with Gasteiger partial charge in [-0.1, -0.05) is 34.5 Å². The van der Waals surface area contributed by atoms with E-state index in [4.69, 9.17) is 33.0 Å². The highest BCUT2D eigenvalue weighted by Crippen LogP contribution is 2.39. The first-order valence-corrected chi connectivity index (χ1v) is 6.79. The van der Waals surface area contributed by atoms with Gasteiger partial charge in [0.05, 0.1) is 0 Å². The Bertz CT molecular complexity index is 608. The molecular formula is C11H10Cl2N2O4S. The second-order valence-corrected chi connectivity index (χ2v) is 6.38. The van der Waals surface area contributed by atoms with Gasteiger partial charge in [-0.3, -0.25) is 0 Å². The Morgan fingerprint density at radius 1 is 1.45 bits per heavy atom. The number of hydrogen-bond donors (Lipinski definition) is 1. The Labute approximate surface area is 128 Å². The third kappa shape index (κ3) is 4.31. The monoisotopic (exact) mass is 336 g/mol. The number of ether oxygens (including phenoxy) is 1. The minimum Gasteiger partial charge on any atom is -0.478 e. The molecule has 0 saturated heterocycles. The molecule has 0 bridgehead atoms. The number of thiazole rings is 1. The van der Waals surface area contributed by atoms with Gasteiger partial charge >= 0.3 is 5.97 Å². The van der Waals surface area contributed by atoms with Crippen LogP contribution in [0.15, 0.2) is 9.48 Å². The van der Waals surface area contributed by atoms with Crippen LogP contribution in [0.1, 0.15) is 26.5 Å². The Balaban J connectivity index is 3.42. The van der Waals surface area contributed by atoms with Gasteiger partial charge in [-0.2, -0.15) is 9.98 Å². The van der Waals surface area contributed by atoms with Gasteiger partial charge in [0.15, 0.2) is 5.00 Å². The van der Waals surface area contributed by atoms with Crippen LogP contribution in [0.2, 0.25) is 0 Å². The van der Waals surface area contributed by atoms with E-state index in [1.807, 2.05) is 0 Å². The van der Waals surface area contributed by atoms with Crippen LogP contribution in [0.25, 0.3) is 5.57 Å². The fourth-order valence-corrected chi connectivity index (χ4v) is 2.41. The molecule has 0 aliphatic heterocycles. The standard InChI is InChI=1S/C11H10Cl2N2O4S/c1-11(2,3)19-10-15-6(8(20-10)14-4-16)5(7(12)13)9(17)18/h1-3H3,(H,17,18). The summed E-state index contributed by atoms with van der Waals surface area (Å²) >= 11 is 12.0. The summed E-state index contributed by atoms with van der Waals surface area (Å²) in [5, 5.41) is 9.25. The Morgan fingerprint density at radius 3 is 2.45 bits per heavy atom. The van der Waals surface area contributed by atoms with E-state index >= 15 is 0 Å². The number of aliphatic imine (C=N–C) groups is 1. The molecule has 0 aliphatic rings. The highest BCUT2D eigenvalue weighted by atomic mass is 35.5. The molecule has 0 aliphatic carbocycles. The second-order valence-electron chi connectivity index (χ2n) is 4.49. The summed E-state index contributed by atoms with van der Waals surface area (Å²) in [5.74, 6) is -1.39. The van der Waals surface area contributed by atoms with E-state index < -0.39 is 21.6 Å². The van der Waals surface area contributed by atoms with Gasteiger partial charge in [-0.15, -0.1) is 0 Å². The first-order chi connectivity index (χ1) is 9.15. The molecule has 0 spiro atoms. The van der Waals surface area contributed by atoms with Crippen LogP contribution in [-0.4, -0.2) is 27.7 Å². The molecule has 1 aromatic heterocycles. The number of carboxylic acid groups (broad SMARTS) is 1. The molecule has 20 heavy (non-hydrogen) atoms. The number of hydrogen-bond acceptors (Lipinski definition) is 6. The van der Waals surface area contributed by atoms with E-state index in [0.717, 1.165) is 11.3 Å². The molecule has 1 rings (SSSR count). The fourth-order valence-electron chi connectivity index (χ4n) is 1.15. The molecule has 1 aromatic rings. The number of halogens is 2. The molecule has 108 valence electrons. The van der Waals surface area contributed by atoms with Gasteiger partial charge < -0.3 is 9.84 Å². The number of nitrogens with zero attached hydrogens (tertiary/aromatic N) is 2. The lowest BCUT2D eigenvalue weighted by Gasteiger charge is -2.18. The minimum absolute atomic E-state index is 0.00968. The molecule has 0 radical (unpaired) electrons. The van der Waals surface area contributed by atoms with E-state index in [1.54, 1.807) is 20.8 Å². The van der Waals surface area contributed by atoms with Gasteiger partial charge in [0.1, 0.15) is 21.4 Å². The van der Waals surface area contributed by atoms with E-state index in [2.05, 4.69) is 9.98 Å². The molecule has 1 N–H and O–H groups in total. The molecule has 9 heteroatoms. The lowest BCUT2D eigenvalue weighted by Crippen LogP contribution is -2.22. The average molecular weight is 337 g/mol. The number of aromatic nitrogens is 1. The summed E-state index contributed by atoms with van der Waals surface area (Å²) < 4.78 is 5.00. The number of rotatable bonds is 4. The van der Waals surface area contributed by atoms with Crippen LogP contribution in [0.3, 0.4) is 0 Å². The van der Waals surface area contributed by atoms with Crippen molar-refractivity contribution in [1.82, 2.24) is 4.98 Å². The van der Waals surface area contributed by atoms with Crippen LogP contribution in [-0.2, 0) is 9.59 Å². The number of carboxylic acids is 1. The molecule has 0 fully saturated rings. The first-order valence-electron chi connectivity index (χ1n) is 5.22. The zero-order valence-corrected chi connectivity index (χ0v) is 13.1. The molecule has 0 saturated carbocycles. The van der Waals surface area contributed by atoms with Crippen molar-refractivity contribution < 1.29 is 19.4 Å². The first kappa shape index (κ1) is 16.7. The average Bonchev–Trinajstić information content (AvgIpc) is 2.57. The summed E-state index contributed by atoms with van der Waals surface area (Å²) in [6.45, 7) is 5.37. The SMILES string of the molecule is CC(C)(C)Oc1nc(C(C(=O)O)=C(Cl)Cl)c(N=C=O)s1. The van der Waals surface area contributed by atoms with Crippen molar-refractivity contribution in [3.05, 3.63) is 10.2 Å². The van der Waals surface area contributed by atoms with Crippen LogP contribution < -0.4 is 4.74 Å². The summed E-state index contributed by atoms with van der Waals surface area (Å²) in [5.41, 5.74) is -1.14. The molecule has 0 unspecified atom stereocenters. The maximum absolute atomic E-state index is 11.1. The van der Waals surface area contributed by atoms with E-state index in [1.165, 1.54) is 6.08 Å². The smallest absolute Gasteiger partial charge is 0.340 e. The van der Waals surface area contributed by atoms with Crippen LogP contribution in [0.5, 0.6) is 5.19 Å². The molecular weight excluding hydrogens is 327 g/mol. The molecule has 0 atom stereocenters. The summed E-state index contributed by atoms with van der Waals surface area (Å²) in [4.78, 5) is 28.9. The summed E-state index contributed by atoms with van der Waals surface area (Å²) in [6.07, 6.45) is 1.32. The minimum atomic E-state index is -1.39. The van der Waals surface area contributed by atoms with Crippen molar-refractivity contribution in [3.8, 4) is 5.19 Å². The van der Waals surface area contributed by atoms with Crippen molar-refractivity contribution in [3.63, 3.8) is 0 Å². The second kappa shape index (κ2) is 6.37. The fraction of sp³-hybridized carbons (Fsp3) is 0.364. The molecule has 0 amide bonds. The lowest BCUT2D eigenvalue weighted by atomic mass is 10.2. The predicted molar refractivity (Wildman–Crippen MR) is 76.5 cm³/mol. The van der Waals surface area contributed by atoms with E-state index in [9.17, 15) is 9.59 Å². The quantitative estimate of drug-likeness (QED) is 0.516. The zero-order valence-electron chi connectivity index (χ0n) is 10.7. The van der Waals surface area contributed by atoms with Gasteiger partial charge in [-0.05, 0) is 20.8 Å². The van der Waals surface area contributed by atoms with Crippen LogP contribution >= 0.6 is 34.5 Å². The maximum Gasteiger partial charge on any atom is 0.340 e. The highest BCUT2D eigenvalue weighted by Gasteiger charge is 2.25. The summed E-state index contributed by atoms with van der Waals surface area (Å²) in [6, 6.07) is 0.